The van der Waals surface area contributed by atoms with Crippen LogP contribution in [0, 0.1) is 6.92 Å². The Morgan fingerprint density at radius 2 is 2.32 bits per heavy atom. The van der Waals surface area contributed by atoms with E-state index in [1.54, 1.807) is 18.0 Å². The van der Waals surface area contributed by atoms with Crippen LogP contribution in [0.2, 0.25) is 0 Å². The average molecular weight is 302 g/mol. The average Bonchev–Trinajstić information content (AvgIpc) is 2.37. The Kier molecular flexibility index (Phi) is 4.37. The van der Waals surface area contributed by atoms with Crippen molar-refractivity contribution in [1.82, 2.24) is 4.98 Å². The van der Waals surface area contributed by atoms with Crippen molar-refractivity contribution in [2.24, 2.45) is 0 Å². The second kappa shape index (κ2) is 5.68. The third-order valence-electron chi connectivity index (χ3n) is 3.14. The summed E-state index contributed by atoms with van der Waals surface area (Å²) in [6.45, 7) is 2.51. The molecule has 0 aliphatic carbocycles. The highest BCUT2D eigenvalue weighted by molar-refractivity contribution is 8.01. The zero-order chi connectivity index (χ0) is 14.0. The van der Waals surface area contributed by atoms with Crippen molar-refractivity contribution >= 4 is 27.4 Å². The van der Waals surface area contributed by atoms with Crippen molar-refractivity contribution in [3.63, 3.8) is 0 Å². The van der Waals surface area contributed by atoms with Crippen molar-refractivity contribution in [3.8, 4) is 0 Å². The summed E-state index contributed by atoms with van der Waals surface area (Å²) in [5, 5.41) is 8.58. The number of nitrogens with zero attached hydrogens (tertiary/aromatic N) is 2. The third-order valence-corrected chi connectivity index (χ3v) is 5.78. The first-order valence-corrected chi connectivity index (χ1v) is 9.14. The second-order valence-corrected chi connectivity index (χ2v) is 8.05. The van der Waals surface area contributed by atoms with Crippen LogP contribution in [0.3, 0.4) is 0 Å². The predicted octanol–water partition coefficient (Wildman–Crippen LogP) is 0.806. The van der Waals surface area contributed by atoms with Crippen molar-refractivity contribution in [2.45, 2.75) is 18.9 Å². The molecule has 1 atom stereocenters. The van der Waals surface area contributed by atoms with Crippen LogP contribution < -0.4 is 4.90 Å². The van der Waals surface area contributed by atoms with Crippen LogP contribution in [-0.4, -0.2) is 48.2 Å². The maximum atomic E-state index is 11.9. The van der Waals surface area contributed by atoms with Gasteiger partial charge in [0, 0.05) is 30.5 Å². The van der Waals surface area contributed by atoms with E-state index in [1.807, 2.05) is 17.9 Å². The molecule has 1 N–H and O–H groups in total. The van der Waals surface area contributed by atoms with E-state index in [9.17, 15) is 8.42 Å². The van der Waals surface area contributed by atoms with Crippen LogP contribution in [0.4, 0.5) is 5.82 Å². The maximum Gasteiger partial charge on any atom is 0.169 e. The number of thioether (sulfide) groups is 1. The molecule has 1 aromatic rings. The molecule has 0 aromatic carbocycles. The van der Waals surface area contributed by atoms with Crippen LogP contribution in [0.25, 0.3) is 0 Å². The maximum absolute atomic E-state index is 11.9. The topological polar surface area (TPSA) is 70.5 Å². The molecule has 1 saturated heterocycles. The van der Waals surface area contributed by atoms with Crippen molar-refractivity contribution in [2.75, 3.05) is 29.2 Å². The first kappa shape index (κ1) is 14.6. The molecule has 0 radical (unpaired) electrons. The summed E-state index contributed by atoms with van der Waals surface area (Å²) < 4.78 is 23.8. The summed E-state index contributed by atoms with van der Waals surface area (Å²) in [6, 6.07) is 1.85. The normalized spacial score (nSPS) is 20.6. The van der Waals surface area contributed by atoms with Gasteiger partial charge in [0.1, 0.15) is 11.2 Å². The number of aliphatic hydroxyl groups excluding tert-OH is 1. The van der Waals surface area contributed by atoms with Gasteiger partial charge >= 0.3 is 0 Å². The molecule has 106 valence electrons. The van der Waals surface area contributed by atoms with Gasteiger partial charge < -0.3 is 10.0 Å². The van der Waals surface area contributed by atoms with Gasteiger partial charge in [0.25, 0.3) is 0 Å². The minimum atomic E-state index is -3.14. The highest BCUT2D eigenvalue weighted by Crippen LogP contribution is 2.27. The summed E-state index contributed by atoms with van der Waals surface area (Å²) in [6.07, 6.45) is 2.87. The molecule has 1 aliphatic rings. The summed E-state index contributed by atoms with van der Waals surface area (Å²) in [5.41, 5.74) is 1.63. The molecule has 0 amide bonds. The van der Waals surface area contributed by atoms with Gasteiger partial charge in [0.15, 0.2) is 9.84 Å². The lowest BCUT2D eigenvalue weighted by molar-refractivity contribution is 0.281. The van der Waals surface area contributed by atoms with Crippen LogP contribution in [0.15, 0.2) is 12.3 Å². The van der Waals surface area contributed by atoms with E-state index < -0.39 is 15.2 Å². The molecule has 0 spiro atoms. The van der Waals surface area contributed by atoms with Crippen molar-refractivity contribution < 1.29 is 13.5 Å². The van der Waals surface area contributed by atoms with Gasteiger partial charge in [-0.1, -0.05) is 0 Å². The number of rotatable bonds is 3. The molecular weight excluding hydrogens is 284 g/mol. The first-order valence-electron chi connectivity index (χ1n) is 6.03. The van der Waals surface area contributed by atoms with Gasteiger partial charge in [-0.05, 0) is 24.1 Å². The van der Waals surface area contributed by atoms with Gasteiger partial charge in [-0.25, -0.2) is 13.4 Å². The van der Waals surface area contributed by atoms with Crippen LogP contribution in [-0.2, 0) is 16.4 Å². The number of aromatic nitrogens is 1. The molecule has 1 fully saturated rings. The fourth-order valence-electron chi connectivity index (χ4n) is 2.19. The van der Waals surface area contributed by atoms with Crippen molar-refractivity contribution in [1.29, 1.82) is 0 Å². The summed E-state index contributed by atoms with van der Waals surface area (Å²) in [7, 11) is -3.14. The summed E-state index contributed by atoms with van der Waals surface area (Å²) in [4.78, 5) is 6.19. The highest BCUT2D eigenvalue weighted by atomic mass is 32.2. The molecule has 7 heteroatoms. The zero-order valence-electron chi connectivity index (χ0n) is 11.0. The molecule has 1 unspecified atom stereocenters. The predicted molar refractivity (Wildman–Crippen MR) is 78.2 cm³/mol. The molecular formula is C12H18N2O3S2. The van der Waals surface area contributed by atoms with Gasteiger partial charge in [0.05, 0.1) is 6.61 Å². The third kappa shape index (κ3) is 3.21. The smallest absolute Gasteiger partial charge is 0.169 e. The van der Waals surface area contributed by atoms with Crippen LogP contribution in [0.5, 0.6) is 0 Å². The molecule has 1 aromatic heterocycles. The fraction of sp³-hybridized carbons (Fsp3) is 0.583. The monoisotopic (exact) mass is 302 g/mol. The van der Waals surface area contributed by atoms with Crippen molar-refractivity contribution in [3.05, 3.63) is 23.4 Å². The van der Waals surface area contributed by atoms with E-state index in [0.717, 1.165) is 16.9 Å². The van der Waals surface area contributed by atoms with Gasteiger partial charge in [-0.3, -0.25) is 0 Å². The first-order chi connectivity index (χ1) is 8.93. The Balaban J connectivity index is 2.38. The van der Waals surface area contributed by atoms with Gasteiger partial charge in [0.2, 0.25) is 0 Å². The van der Waals surface area contributed by atoms with E-state index in [4.69, 9.17) is 5.11 Å². The molecule has 0 bridgehead atoms. The van der Waals surface area contributed by atoms with Gasteiger partial charge in [-0.15, -0.1) is 0 Å². The lowest BCUT2D eigenvalue weighted by atomic mass is 10.2. The van der Waals surface area contributed by atoms with Crippen LogP contribution in [0.1, 0.15) is 11.1 Å². The molecule has 1 aliphatic heterocycles. The Bertz CT molecular complexity index is 560. The molecule has 5 nitrogen and oxygen atoms in total. The fourth-order valence-corrected chi connectivity index (χ4v) is 5.01. The second-order valence-electron chi connectivity index (χ2n) is 4.69. The number of hydrogen-bond donors (Lipinski definition) is 1. The number of aliphatic hydroxyl groups is 1. The zero-order valence-corrected chi connectivity index (χ0v) is 12.7. The summed E-state index contributed by atoms with van der Waals surface area (Å²) >= 11 is 1.65. The molecule has 2 rings (SSSR count). The quantitative estimate of drug-likeness (QED) is 0.891. The number of anilines is 1. The van der Waals surface area contributed by atoms with Crippen LogP contribution >= 0.6 is 11.8 Å². The van der Waals surface area contributed by atoms with E-state index in [1.165, 1.54) is 6.26 Å². The molecule has 0 saturated carbocycles. The minimum Gasteiger partial charge on any atom is -0.392 e. The van der Waals surface area contributed by atoms with E-state index in [0.29, 0.717) is 18.1 Å². The molecule has 19 heavy (non-hydrogen) atoms. The lowest BCUT2D eigenvalue weighted by Gasteiger charge is -2.35. The SMILES string of the molecule is Cc1cc(CO)cnc1N1CCSCC1S(C)(=O)=O. The Morgan fingerprint density at radius 1 is 1.58 bits per heavy atom. The largest absolute Gasteiger partial charge is 0.392 e. The van der Waals surface area contributed by atoms with E-state index in [-0.39, 0.29) is 6.61 Å². The number of sulfone groups is 1. The number of aryl methyl sites for hydroxylation is 1. The number of pyridine rings is 1. The number of hydrogen-bond acceptors (Lipinski definition) is 6. The Labute approximate surface area is 118 Å². The lowest BCUT2D eigenvalue weighted by Crippen LogP contribution is -2.47. The van der Waals surface area contributed by atoms with E-state index in [2.05, 4.69) is 4.98 Å². The minimum absolute atomic E-state index is 0.0561. The standard InChI is InChI=1S/C12H18N2O3S2/c1-9-5-10(7-15)6-13-12(9)14-3-4-18-8-11(14)19(2,16)17/h5-6,11,15H,3-4,7-8H2,1-2H3. The Morgan fingerprint density at radius 3 is 2.89 bits per heavy atom. The van der Waals surface area contributed by atoms with E-state index >= 15 is 0 Å². The Hall–Kier alpha value is -0.790. The van der Waals surface area contributed by atoms with Gasteiger partial charge in [-0.2, -0.15) is 11.8 Å². The summed E-state index contributed by atoms with van der Waals surface area (Å²) in [5.74, 6) is 2.17. The highest BCUT2D eigenvalue weighted by Gasteiger charge is 2.32. The molecule has 2 heterocycles.